The van der Waals surface area contributed by atoms with Crippen molar-refractivity contribution in [2.24, 2.45) is 5.73 Å². The summed E-state index contributed by atoms with van der Waals surface area (Å²) < 4.78 is 0. The fourth-order valence-electron chi connectivity index (χ4n) is 2.05. The summed E-state index contributed by atoms with van der Waals surface area (Å²) in [4.78, 5) is 11.7. The number of hydrogen-bond donors (Lipinski definition) is 1. The molecule has 0 radical (unpaired) electrons. The minimum atomic E-state index is -0.956. The monoisotopic (exact) mass is 283 g/mol. The molecule has 0 bridgehead atoms. The van der Waals surface area contributed by atoms with Gasteiger partial charge in [0.1, 0.15) is 5.54 Å². The van der Waals surface area contributed by atoms with Gasteiger partial charge in [0.15, 0.2) is 5.78 Å². The van der Waals surface area contributed by atoms with E-state index in [0.717, 1.165) is 5.56 Å². The quantitative estimate of drug-likeness (QED) is 0.905. The Bertz CT molecular complexity index is 493. The summed E-state index contributed by atoms with van der Waals surface area (Å²) in [7, 11) is 0. The molecule has 1 aromatic rings. The number of halogens is 2. The SMILES string of the molecule is CC(=O)C1(N)C=CC=CC1c1ccc(Cl)cc1.Cl. The smallest absolute Gasteiger partial charge is 0.154 e. The van der Waals surface area contributed by atoms with Crippen LogP contribution in [0.4, 0.5) is 0 Å². The standard InChI is InChI=1S/C14H14ClNO.ClH/c1-10(17)14(16)9-3-2-4-13(14)11-5-7-12(15)8-6-11;/h2-9,13H,16H2,1H3;1H. The summed E-state index contributed by atoms with van der Waals surface area (Å²) >= 11 is 5.85. The summed E-state index contributed by atoms with van der Waals surface area (Å²) in [6.45, 7) is 1.52. The molecule has 18 heavy (non-hydrogen) atoms. The van der Waals surface area contributed by atoms with Gasteiger partial charge in [-0.05, 0) is 24.6 Å². The molecule has 1 aliphatic rings. The van der Waals surface area contributed by atoms with Crippen molar-refractivity contribution in [2.45, 2.75) is 18.4 Å². The molecule has 2 rings (SSSR count). The van der Waals surface area contributed by atoms with Crippen molar-refractivity contribution >= 4 is 29.8 Å². The number of nitrogens with two attached hydrogens (primary N) is 1. The van der Waals surface area contributed by atoms with E-state index in [2.05, 4.69) is 0 Å². The van der Waals surface area contributed by atoms with Crippen molar-refractivity contribution in [2.75, 3.05) is 0 Å². The lowest BCUT2D eigenvalue weighted by molar-refractivity contribution is -0.120. The molecule has 2 N–H and O–H groups in total. The Morgan fingerprint density at radius 2 is 1.89 bits per heavy atom. The highest BCUT2D eigenvalue weighted by Gasteiger charge is 2.37. The van der Waals surface area contributed by atoms with Gasteiger partial charge in [-0.15, -0.1) is 12.4 Å². The zero-order valence-electron chi connectivity index (χ0n) is 9.97. The van der Waals surface area contributed by atoms with Crippen molar-refractivity contribution in [1.29, 1.82) is 0 Å². The Labute approximate surface area is 118 Å². The van der Waals surface area contributed by atoms with Crippen molar-refractivity contribution in [1.82, 2.24) is 0 Å². The summed E-state index contributed by atoms with van der Waals surface area (Å²) in [5.41, 5.74) is 6.23. The van der Waals surface area contributed by atoms with Crippen LogP contribution in [0.15, 0.2) is 48.6 Å². The lowest BCUT2D eigenvalue weighted by Gasteiger charge is -2.33. The third-order valence-electron chi connectivity index (χ3n) is 3.14. The molecule has 96 valence electrons. The lowest BCUT2D eigenvalue weighted by Crippen LogP contribution is -2.50. The molecule has 0 spiro atoms. The highest BCUT2D eigenvalue weighted by atomic mass is 35.5. The Morgan fingerprint density at radius 3 is 2.44 bits per heavy atom. The number of carbonyl (C=O) groups is 1. The van der Waals surface area contributed by atoms with Gasteiger partial charge in [0.25, 0.3) is 0 Å². The van der Waals surface area contributed by atoms with Gasteiger partial charge in [0.05, 0.1) is 0 Å². The van der Waals surface area contributed by atoms with Gasteiger partial charge in [-0.2, -0.15) is 0 Å². The molecular weight excluding hydrogens is 269 g/mol. The van der Waals surface area contributed by atoms with Crippen LogP contribution >= 0.6 is 24.0 Å². The van der Waals surface area contributed by atoms with Crippen molar-refractivity contribution in [3.8, 4) is 0 Å². The molecule has 2 unspecified atom stereocenters. The molecule has 4 heteroatoms. The van der Waals surface area contributed by atoms with E-state index in [1.54, 1.807) is 6.08 Å². The molecule has 0 aliphatic heterocycles. The van der Waals surface area contributed by atoms with E-state index in [0.29, 0.717) is 5.02 Å². The van der Waals surface area contributed by atoms with Crippen molar-refractivity contribution in [3.05, 3.63) is 59.2 Å². The van der Waals surface area contributed by atoms with Crippen LogP contribution in [0.25, 0.3) is 0 Å². The van der Waals surface area contributed by atoms with Crippen molar-refractivity contribution in [3.63, 3.8) is 0 Å². The van der Waals surface area contributed by atoms with Crippen LogP contribution < -0.4 is 5.73 Å². The van der Waals surface area contributed by atoms with Crippen LogP contribution in [-0.4, -0.2) is 11.3 Å². The van der Waals surface area contributed by atoms with Gasteiger partial charge < -0.3 is 5.73 Å². The Balaban J connectivity index is 0.00000162. The molecule has 1 aliphatic carbocycles. The Morgan fingerprint density at radius 1 is 1.28 bits per heavy atom. The topological polar surface area (TPSA) is 43.1 Å². The fraction of sp³-hybridized carbons (Fsp3) is 0.214. The van der Waals surface area contributed by atoms with E-state index in [4.69, 9.17) is 17.3 Å². The maximum absolute atomic E-state index is 11.7. The highest BCUT2D eigenvalue weighted by Crippen LogP contribution is 2.33. The molecule has 0 amide bonds. The summed E-state index contributed by atoms with van der Waals surface area (Å²) in [5.74, 6) is -0.180. The second-order valence-electron chi connectivity index (χ2n) is 4.26. The maximum Gasteiger partial charge on any atom is 0.154 e. The number of rotatable bonds is 2. The largest absolute Gasteiger partial charge is 0.315 e. The molecule has 0 fully saturated rings. The first kappa shape index (κ1) is 15.0. The summed E-state index contributed by atoms with van der Waals surface area (Å²) in [6.07, 6.45) is 7.43. The first-order valence-corrected chi connectivity index (χ1v) is 5.83. The van der Waals surface area contributed by atoms with Gasteiger partial charge in [-0.1, -0.05) is 48.0 Å². The highest BCUT2D eigenvalue weighted by molar-refractivity contribution is 6.30. The summed E-state index contributed by atoms with van der Waals surface area (Å²) in [6, 6.07) is 7.43. The maximum atomic E-state index is 11.7. The van der Waals surface area contributed by atoms with E-state index in [1.165, 1.54) is 6.92 Å². The van der Waals surface area contributed by atoms with Gasteiger partial charge in [-0.25, -0.2) is 0 Å². The van der Waals surface area contributed by atoms with Crippen molar-refractivity contribution < 1.29 is 4.79 Å². The van der Waals surface area contributed by atoms with Gasteiger partial charge in [-0.3, -0.25) is 4.79 Å². The predicted molar refractivity (Wildman–Crippen MR) is 77.3 cm³/mol. The van der Waals surface area contributed by atoms with E-state index < -0.39 is 5.54 Å². The number of Topliss-reactive ketones (excluding diaryl/α,β-unsaturated/α-hetero) is 1. The van der Waals surface area contributed by atoms with Crippen LogP contribution in [0.1, 0.15) is 18.4 Å². The second kappa shape index (κ2) is 5.70. The number of hydrogen-bond acceptors (Lipinski definition) is 2. The number of benzene rings is 1. The van der Waals surface area contributed by atoms with E-state index in [9.17, 15) is 4.79 Å². The normalized spacial score (nSPS) is 25.6. The average molecular weight is 284 g/mol. The molecular formula is C14H15Cl2NO. The van der Waals surface area contributed by atoms with Crippen LogP contribution in [0.3, 0.4) is 0 Å². The third-order valence-corrected chi connectivity index (χ3v) is 3.39. The van der Waals surface area contributed by atoms with E-state index in [-0.39, 0.29) is 24.1 Å². The Kier molecular flexibility index (Phi) is 4.74. The number of allylic oxidation sites excluding steroid dienone is 2. The number of carbonyl (C=O) groups excluding carboxylic acids is 1. The number of ketones is 1. The van der Waals surface area contributed by atoms with Crippen LogP contribution in [0, 0.1) is 0 Å². The van der Waals surface area contributed by atoms with Crippen LogP contribution in [-0.2, 0) is 4.79 Å². The molecule has 2 nitrogen and oxygen atoms in total. The van der Waals surface area contributed by atoms with Gasteiger partial charge in [0.2, 0.25) is 0 Å². The zero-order valence-corrected chi connectivity index (χ0v) is 11.5. The predicted octanol–water partition coefficient (Wildman–Crippen LogP) is 3.26. The molecule has 0 saturated carbocycles. The minimum Gasteiger partial charge on any atom is -0.315 e. The summed E-state index contributed by atoms with van der Waals surface area (Å²) in [5, 5.41) is 0.675. The van der Waals surface area contributed by atoms with Crippen LogP contribution in [0.5, 0.6) is 0 Å². The van der Waals surface area contributed by atoms with E-state index >= 15 is 0 Å². The first-order valence-electron chi connectivity index (χ1n) is 5.45. The third kappa shape index (κ3) is 2.66. The molecule has 0 heterocycles. The molecule has 0 saturated heterocycles. The molecule has 2 atom stereocenters. The minimum absolute atomic E-state index is 0. The average Bonchev–Trinajstić information content (AvgIpc) is 2.31. The zero-order chi connectivity index (χ0) is 12.5. The molecule has 1 aromatic carbocycles. The second-order valence-corrected chi connectivity index (χ2v) is 4.70. The molecule has 0 aromatic heterocycles. The first-order chi connectivity index (χ1) is 8.04. The lowest BCUT2D eigenvalue weighted by atomic mass is 9.75. The van der Waals surface area contributed by atoms with Gasteiger partial charge >= 0.3 is 0 Å². The van der Waals surface area contributed by atoms with Gasteiger partial charge in [0, 0.05) is 10.9 Å². The Hall–Kier alpha value is -1.09. The fourth-order valence-corrected chi connectivity index (χ4v) is 2.17. The van der Waals surface area contributed by atoms with Crippen LogP contribution in [0.2, 0.25) is 5.02 Å². The van der Waals surface area contributed by atoms with E-state index in [1.807, 2.05) is 42.5 Å².